The van der Waals surface area contributed by atoms with Crippen LogP contribution in [-0.2, 0) is 14.8 Å². The Labute approximate surface area is 118 Å². The zero-order valence-electron chi connectivity index (χ0n) is 11.5. The highest BCUT2D eigenvalue weighted by Gasteiger charge is 2.31. The number of ether oxygens (including phenoxy) is 1. The zero-order chi connectivity index (χ0) is 14.9. The maximum absolute atomic E-state index is 12.5. The van der Waals surface area contributed by atoms with E-state index in [1.807, 2.05) is 0 Å². The summed E-state index contributed by atoms with van der Waals surface area (Å²) in [7, 11) is -0.997. The lowest BCUT2D eigenvalue weighted by Crippen LogP contribution is -2.30. The summed E-state index contributed by atoms with van der Waals surface area (Å²) in [5.74, 6) is -0.291. The molecule has 2 rings (SSSR count). The number of methoxy groups -OCH3 is 1. The highest BCUT2D eigenvalue weighted by atomic mass is 32.2. The van der Waals surface area contributed by atoms with Gasteiger partial charge in [0.2, 0.25) is 10.0 Å². The summed E-state index contributed by atoms with van der Waals surface area (Å²) in [6, 6.07) is 4.13. The first kappa shape index (κ1) is 14.8. The first-order valence-electron chi connectivity index (χ1n) is 6.30. The van der Waals surface area contributed by atoms with Crippen LogP contribution in [0.2, 0.25) is 0 Å². The molecule has 0 aromatic heterocycles. The number of nitrogens with two attached hydrogens (primary N) is 1. The van der Waals surface area contributed by atoms with Gasteiger partial charge >= 0.3 is 5.97 Å². The lowest BCUT2D eigenvalue weighted by Gasteiger charge is -2.18. The Hall–Kier alpha value is -1.60. The smallest absolute Gasteiger partial charge is 0.339 e. The lowest BCUT2D eigenvalue weighted by atomic mass is 10.2. The molecule has 0 spiro atoms. The van der Waals surface area contributed by atoms with Gasteiger partial charge in [-0.2, -0.15) is 0 Å². The Morgan fingerprint density at radius 1 is 1.45 bits per heavy atom. The topological polar surface area (TPSA) is 89.7 Å². The highest BCUT2D eigenvalue weighted by molar-refractivity contribution is 7.89. The summed E-state index contributed by atoms with van der Waals surface area (Å²) >= 11 is 0. The molecule has 1 saturated carbocycles. The van der Waals surface area contributed by atoms with Crippen LogP contribution >= 0.6 is 0 Å². The van der Waals surface area contributed by atoms with Crippen molar-refractivity contribution >= 4 is 21.7 Å². The van der Waals surface area contributed by atoms with Crippen molar-refractivity contribution in [3.63, 3.8) is 0 Å². The maximum atomic E-state index is 12.5. The van der Waals surface area contributed by atoms with Gasteiger partial charge in [-0.05, 0) is 37.0 Å². The van der Waals surface area contributed by atoms with Crippen LogP contribution in [0, 0.1) is 5.92 Å². The monoisotopic (exact) mass is 298 g/mol. The molecule has 110 valence electrons. The first-order chi connectivity index (χ1) is 9.36. The van der Waals surface area contributed by atoms with Crippen molar-refractivity contribution in [2.45, 2.75) is 17.7 Å². The molecule has 2 N–H and O–H groups in total. The van der Waals surface area contributed by atoms with Gasteiger partial charge in [0.1, 0.15) is 0 Å². The minimum Gasteiger partial charge on any atom is -0.465 e. The standard InChI is InChI=1S/C13H18N2O4S/c1-15(8-9-3-4-9)20(17,18)12-6-5-10(14)7-11(12)13(16)19-2/h5-7,9H,3-4,8,14H2,1-2H3. The Morgan fingerprint density at radius 2 is 2.10 bits per heavy atom. The number of hydrogen-bond acceptors (Lipinski definition) is 5. The Kier molecular flexibility index (Phi) is 4.01. The van der Waals surface area contributed by atoms with E-state index in [1.54, 1.807) is 0 Å². The van der Waals surface area contributed by atoms with Gasteiger partial charge in [-0.3, -0.25) is 0 Å². The molecule has 20 heavy (non-hydrogen) atoms. The van der Waals surface area contributed by atoms with Crippen molar-refractivity contribution in [3.05, 3.63) is 23.8 Å². The fraction of sp³-hybridized carbons (Fsp3) is 0.462. The molecule has 1 aliphatic rings. The molecule has 7 heteroatoms. The van der Waals surface area contributed by atoms with E-state index >= 15 is 0 Å². The lowest BCUT2D eigenvalue weighted by molar-refractivity contribution is 0.0596. The SMILES string of the molecule is COC(=O)c1cc(N)ccc1S(=O)(=O)N(C)CC1CC1. The van der Waals surface area contributed by atoms with Gasteiger partial charge in [-0.15, -0.1) is 0 Å². The average molecular weight is 298 g/mol. The van der Waals surface area contributed by atoms with E-state index in [4.69, 9.17) is 5.73 Å². The number of rotatable bonds is 5. The number of carbonyl (C=O) groups is 1. The molecular formula is C13H18N2O4S. The fourth-order valence-electron chi connectivity index (χ4n) is 1.97. The van der Waals surface area contributed by atoms with Crippen LogP contribution in [0.4, 0.5) is 5.69 Å². The Bertz CT molecular complexity index is 623. The van der Waals surface area contributed by atoms with Crippen molar-refractivity contribution in [1.29, 1.82) is 0 Å². The summed E-state index contributed by atoms with van der Waals surface area (Å²) in [6.07, 6.45) is 2.09. The van der Waals surface area contributed by atoms with E-state index in [1.165, 1.54) is 36.7 Å². The van der Waals surface area contributed by atoms with E-state index < -0.39 is 16.0 Å². The number of benzene rings is 1. The first-order valence-corrected chi connectivity index (χ1v) is 7.74. The molecule has 0 radical (unpaired) electrons. The average Bonchev–Trinajstić information content (AvgIpc) is 3.21. The molecule has 1 aromatic rings. The van der Waals surface area contributed by atoms with Crippen molar-refractivity contribution in [2.24, 2.45) is 5.92 Å². The van der Waals surface area contributed by atoms with Crippen molar-refractivity contribution < 1.29 is 17.9 Å². The second-order valence-corrected chi connectivity index (χ2v) is 6.99. The molecule has 0 atom stereocenters. The minimum atomic E-state index is -3.72. The number of hydrogen-bond donors (Lipinski definition) is 1. The molecule has 0 bridgehead atoms. The highest BCUT2D eigenvalue weighted by Crippen LogP contribution is 2.31. The molecule has 0 saturated heterocycles. The van der Waals surface area contributed by atoms with E-state index in [2.05, 4.69) is 4.74 Å². The molecule has 1 fully saturated rings. The summed E-state index contributed by atoms with van der Waals surface area (Å²) in [5, 5.41) is 0. The van der Waals surface area contributed by atoms with Gasteiger partial charge < -0.3 is 10.5 Å². The van der Waals surface area contributed by atoms with Crippen molar-refractivity contribution in [3.8, 4) is 0 Å². The third kappa shape index (κ3) is 2.94. The molecule has 1 aliphatic carbocycles. The third-order valence-electron chi connectivity index (χ3n) is 3.31. The van der Waals surface area contributed by atoms with Crippen LogP contribution in [-0.4, -0.2) is 39.4 Å². The van der Waals surface area contributed by atoms with E-state index in [9.17, 15) is 13.2 Å². The maximum Gasteiger partial charge on any atom is 0.339 e. The minimum absolute atomic E-state index is 0.0323. The predicted molar refractivity (Wildman–Crippen MR) is 74.7 cm³/mol. The van der Waals surface area contributed by atoms with Crippen molar-refractivity contribution in [2.75, 3.05) is 26.4 Å². The van der Waals surface area contributed by atoms with E-state index in [0.29, 0.717) is 18.2 Å². The van der Waals surface area contributed by atoms with Crippen LogP contribution in [0.1, 0.15) is 23.2 Å². The predicted octanol–water partition coefficient (Wildman–Crippen LogP) is 1.09. The summed E-state index contributed by atoms with van der Waals surface area (Å²) < 4.78 is 31.0. The van der Waals surface area contributed by atoms with Crippen molar-refractivity contribution in [1.82, 2.24) is 4.31 Å². The molecule has 0 aliphatic heterocycles. The zero-order valence-corrected chi connectivity index (χ0v) is 12.3. The normalized spacial score (nSPS) is 15.3. The van der Waals surface area contributed by atoms with Crippen LogP contribution < -0.4 is 5.73 Å². The van der Waals surface area contributed by atoms with Crippen LogP contribution in [0.25, 0.3) is 0 Å². The van der Waals surface area contributed by atoms with E-state index in [-0.39, 0.29) is 10.5 Å². The molecule has 6 nitrogen and oxygen atoms in total. The largest absolute Gasteiger partial charge is 0.465 e. The molecule has 0 heterocycles. The van der Waals surface area contributed by atoms with Gasteiger partial charge in [0.05, 0.1) is 17.6 Å². The number of nitrogens with zero attached hydrogens (tertiary/aromatic N) is 1. The van der Waals surface area contributed by atoms with E-state index in [0.717, 1.165) is 12.8 Å². The van der Waals surface area contributed by atoms with Crippen LogP contribution in [0.15, 0.2) is 23.1 Å². The Balaban J connectivity index is 2.41. The third-order valence-corrected chi connectivity index (χ3v) is 5.19. The van der Waals surface area contributed by atoms with Gasteiger partial charge in [-0.25, -0.2) is 17.5 Å². The van der Waals surface area contributed by atoms with Gasteiger partial charge in [-0.1, -0.05) is 0 Å². The molecule has 0 unspecified atom stereocenters. The molecule has 1 aromatic carbocycles. The summed E-state index contributed by atoms with van der Waals surface area (Å²) in [4.78, 5) is 11.7. The van der Waals surface area contributed by atoms with Gasteiger partial charge in [0, 0.05) is 19.3 Å². The quantitative estimate of drug-likeness (QED) is 0.649. The second-order valence-electron chi connectivity index (χ2n) is 4.98. The number of esters is 1. The second kappa shape index (κ2) is 5.41. The van der Waals surface area contributed by atoms with Gasteiger partial charge in [0.25, 0.3) is 0 Å². The number of carbonyl (C=O) groups excluding carboxylic acids is 1. The number of nitrogen functional groups attached to an aromatic ring is 1. The molecular weight excluding hydrogens is 280 g/mol. The number of sulfonamides is 1. The van der Waals surface area contributed by atoms with Crippen LogP contribution in [0.3, 0.4) is 0 Å². The summed E-state index contributed by atoms with van der Waals surface area (Å²) in [5.41, 5.74) is 5.90. The fourth-order valence-corrected chi connectivity index (χ4v) is 3.38. The van der Waals surface area contributed by atoms with Gasteiger partial charge in [0.15, 0.2) is 0 Å². The number of anilines is 1. The Morgan fingerprint density at radius 3 is 2.65 bits per heavy atom. The molecule has 0 amide bonds. The van der Waals surface area contributed by atoms with Crippen LogP contribution in [0.5, 0.6) is 0 Å². The summed E-state index contributed by atoms with van der Waals surface area (Å²) in [6.45, 7) is 0.466.